The molecule has 0 N–H and O–H groups in total. The molecular formula is C34H26N2O. The van der Waals surface area contributed by atoms with Gasteiger partial charge in [0.25, 0.3) is 0 Å². The molecule has 0 bridgehead atoms. The van der Waals surface area contributed by atoms with Gasteiger partial charge >= 0.3 is 0 Å². The molecule has 7 aromatic rings. The minimum Gasteiger partial charge on any atom is -0.436 e. The number of para-hydroxylation sites is 2. The molecule has 5 aromatic carbocycles. The summed E-state index contributed by atoms with van der Waals surface area (Å²) in [6.07, 6.45) is 0.989. The highest BCUT2D eigenvalue weighted by Crippen LogP contribution is 2.33. The van der Waals surface area contributed by atoms with E-state index >= 15 is 0 Å². The summed E-state index contributed by atoms with van der Waals surface area (Å²) in [5.74, 6) is 0.666. The molecule has 0 aliphatic rings. The van der Waals surface area contributed by atoms with Crippen molar-refractivity contribution < 1.29 is 4.42 Å². The van der Waals surface area contributed by atoms with Gasteiger partial charge in [-0.1, -0.05) is 73.7 Å². The molecule has 0 atom stereocenters. The third-order valence-corrected chi connectivity index (χ3v) is 7.31. The van der Waals surface area contributed by atoms with Gasteiger partial charge < -0.3 is 8.98 Å². The number of hydrogen-bond acceptors (Lipinski definition) is 2. The first-order chi connectivity index (χ1) is 18.2. The zero-order valence-electron chi connectivity index (χ0n) is 20.9. The summed E-state index contributed by atoms with van der Waals surface area (Å²) >= 11 is 0. The van der Waals surface area contributed by atoms with E-state index in [1.54, 1.807) is 0 Å². The third kappa shape index (κ3) is 3.54. The fourth-order valence-corrected chi connectivity index (χ4v) is 5.41. The van der Waals surface area contributed by atoms with E-state index in [9.17, 15) is 0 Å². The molecule has 0 saturated carbocycles. The monoisotopic (exact) mass is 478 g/mol. The standard InChI is InChI=1S/C34H26N2O/c1-3-23-20-22(2)33-30(21-23)35-34(37-33)26-14-12-24(13-15-26)25-16-18-27(19-17-25)36-31-10-6-4-8-28(31)29-9-5-7-11-32(29)36/h4-21H,3H2,1-2H3. The van der Waals surface area contributed by atoms with Crippen LogP contribution in [-0.2, 0) is 6.42 Å². The second-order valence-electron chi connectivity index (χ2n) is 9.63. The van der Waals surface area contributed by atoms with Gasteiger partial charge in [-0.15, -0.1) is 0 Å². The molecule has 2 aromatic heterocycles. The first kappa shape index (κ1) is 21.6. The Morgan fingerprint density at radius 2 is 1.24 bits per heavy atom. The first-order valence-corrected chi connectivity index (χ1v) is 12.8. The van der Waals surface area contributed by atoms with Gasteiger partial charge in [-0.2, -0.15) is 0 Å². The quantitative estimate of drug-likeness (QED) is 0.252. The van der Waals surface area contributed by atoms with E-state index in [0.717, 1.165) is 39.9 Å². The van der Waals surface area contributed by atoms with E-state index in [1.807, 2.05) is 0 Å². The zero-order chi connectivity index (χ0) is 24.9. The minimum absolute atomic E-state index is 0.666. The van der Waals surface area contributed by atoms with Crippen molar-refractivity contribution in [2.75, 3.05) is 0 Å². The smallest absolute Gasteiger partial charge is 0.227 e. The van der Waals surface area contributed by atoms with Crippen LogP contribution in [0.5, 0.6) is 0 Å². The average molecular weight is 479 g/mol. The SMILES string of the molecule is CCc1cc(C)c2oc(-c3ccc(-c4ccc(-n5c6ccccc6c6ccccc65)cc4)cc3)nc2c1. The van der Waals surface area contributed by atoms with Crippen molar-refractivity contribution in [2.24, 2.45) is 0 Å². The van der Waals surface area contributed by atoms with Gasteiger partial charge in [-0.05, 0) is 78.1 Å². The van der Waals surface area contributed by atoms with Crippen LogP contribution in [-0.4, -0.2) is 9.55 Å². The van der Waals surface area contributed by atoms with Gasteiger partial charge in [0.2, 0.25) is 5.89 Å². The molecule has 0 fully saturated rings. The number of aryl methyl sites for hydroxylation is 2. The van der Waals surface area contributed by atoms with E-state index in [-0.39, 0.29) is 0 Å². The highest BCUT2D eigenvalue weighted by Gasteiger charge is 2.13. The predicted octanol–water partition coefficient (Wildman–Crippen LogP) is 9.13. The maximum atomic E-state index is 6.14. The number of hydrogen-bond donors (Lipinski definition) is 0. The highest BCUT2D eigenvalue weighted by atomic mass is 16.3. The Labute approximate surface area is 215 Å². The maximum Gasteiger partial charge on any atom is 0.227 e. The number of fused-ring (bicyclic) bond motifs is 4. The van der Waals surface area contributed by atoms with Crippen LogP contribution >= 0.6 is 0 Å². The Balaban J connectivity index is 1.23. The second-order valence-corrected chi connectivity index (χ2v) is 9.63. The molecule has 0 aliphatic carbocycles. The van der Waals surface area contributed by atoms with Crippen molar-refractivity contribution in [1.82, 2.24) is 9.55 Å². The van der Waals surface area contributed by atoms with Crippen LogP contribution in [0.3, 0.4) is 0 Å². The van der Waals surface area contributed by atoms with E-state index < -0.39 is 0 Å². The van der Waals surface area contributed by atoms with Crippen LogP contribution in [0.15, 0.2) is 114 Å². The summed E-state index contributed by atoms with van der Waals surface area (Å²) in [5, 5.41) is 2.55. The van der Waals surface area contributed by atoms with Crippen LogP contribution in [0, 0.1) is 6.92 Å². The van der Waals surface area contributed by atoms with Crippen molar-refractivity contribution in [3.05, 3.63) is 120 Å². The topological polar surface area (TPSA) is 31.0 Å². The summed E-state index contributed by atoms with van der Waals surface area (Å²) in [7, 11) is 0. The lowest BCUT2D eigenvalue weighted by Gasteiger charge is -2.09. The van der Waals surface area contributed by atoms with Crippen LogP contribution in [0.2, 0.25) is 0 Å². The largest absolute Gasteiger partial charge is 0.436 e. The van der Waals surface area contributed by atoms with Gasteiger partial charge in [0.1, 0.15) is 5.52 Å². The Bertz CT molecular complexity index is 1850. The second kappa shape index (κ2) is 8.49. The number of aromatic nitrogens is 2. The fourth-order valence-electron chi connectivity index (χ4n) is 5.41. The zero-order valence-corrected chi connectivity index (χ0v) is 20.9. The summed E-state index contributed by atoms with van der Waals surface area (Å²) in [6, 6.07) is 38.8. The van der Waals surface area contributed by atoms with Crippen LogP contribution in [0.1, 0.15) is 18.1 Å². The number of rotatable bonds is 4. The minimum atomic E-state index is 0.666. The van der Waals surface area contributed by atoms with E-state index in [2.05, 4.69) is 128 Å². The summed E-state index contributed by atoms with van der Waals surface area (Å²) < 4.78 is 8.49. The summed E-state index contributed by atoms with van der Waals surface area (Å²) in [4.78, 5) is 4.78. The predicted molar refractivity (Wildman–Crippen MR) is 153 cm³/mol. The first-order valence-electron chi connectivity index (χ1n) is 12.8. The van der Waals surface area contributed by atoms with Crippen molar-refractivity contribution in [2.45, 2.75) is 20.3 Å². The fraction of sp³-hybridized carbons (Fsp3) is 0.0882. The molecule has 0 spiro atoms. The average Bonchev–Trinajstić information content (AvgIpc) is 3.53. The van der Waals surface area contributed by atoms with Crippen molar-refractivity contribution in [3.63, 3.8) is 0 Å². The van der Waals surface area contributed by atoms with Gasteiger partial charge in [0.15, 0.2) is 5.58 Å². The highest BCUT2D eigenvalue weighted by molar-refractivity contribution is 6.09. The summed E-state index contributed by atoms with van der Waals surface area (Å²) in [5.41, 5.74) is 11.1. The van der Waals surface area contributed by atoms with Gasteiger partial charge in [0, 0.05) is 22.0 Å². The molecule has 7 rings (SSSR count). The number of benzene rings is 5. The van der Waals surface area contributed by atoms with E-state index in [0.29, 0.717) is 5.89 Å². The van der Waals surface area contributed by atoms with E-state index in [4.69, 9.17) is 9.40 Å². The lowest BCUT2D eigenvalue weighted by atomic mass is 10.0. The Kier molecular flexibility index (Phi) is 4.97. The van der Waals surface area contributed by atoms with Crippen LogP contribution in [0.25, 0.3) is 61.2 Å². The van der Waals surface area contributed by atoms with Crippen LogP contribution < -0.4 is 0 Å². The van der Waals surface area contributed by atoms with Gasteiger partial charge in [0.05, 0.1) is 11.0 Å². The molecular weight excluding hydrogens is 452 g/mol. The molecule has 178 valence electrons. The third-order valence-electron chi connectivity index (χ3n) is 7.31. The van der Waals surface area contributed by atoms with E-state index in [1.165, 1.54) is 32.9 Å². The molecule has 37 heavy (non-hydrogen) atoms. The molecule has 2 heterocycles. The van der Waals surface area contributed by atoms with Gasteiger partial charge in [-0.3, -0.25) is 0 Å². The molecule has 0 saturated heterocycles. The van der Waals surface area contributed by atoms with Crippen molar-refractivity contribution >= 4 is 32.9 Å². The normalized spacial score (nSPS) is 11.6. The molecule has 3 nitrogen and oxygen atoms in total. The van der Waals surface area contributed by atoms with Gasteiger partial charge in [-0.25, -0.2) is 4.98 Å². The number of oxazole rings is 1. The van der Waals surface area contributed by atoms with Crippen molar-refractivity contribution in [1.29, 1.82) is 0 Å². The molecule has 3 heteroatoms. The Hall–Kier alpha value is -4.63. The number of nitrogens with zero attached hydrogens (tertiary/aromatic N) is 2. The molecule has 0 radical (unpaired) electrons. The van der Waals surface area contributed by atoms with Crippen molar-refractivity contribution in [3.8, 4) is 28.3 Å². The van der Waals surface area contributed by atoms with Crippen LogP contribution in [0.4, 0.5) is 0 Å². The molecule has 0 aliphatic heterocycles. The Morgan fingerprint density at radius 1 is 0.676 bits per heavy atom. The lowest BCUT2D eigenvalue weighted by molar-refractivity contribution is 0.617. The summed E-state index contributed by atoms with van der Waals surface area (Å²) in [6.45, 7) is 4.25. The molecule has 0 amide bonds. The lowest BCUT2D eigenvalue weighted by Crippen LogP contribution is -1.93. The molecule has 0 unspecified atom stereocenters. The maximum absolute atomic E-state index is 6.14. The Morgan fingerprint density at radius 3 is 1.86 bits per heavy atom.